The molecular weight excluding hydrogens is 178 g/mol. The van der Waals surface area contributed by atoms with Crippen LogP contribution in [0.15, 0.2) is 41.8 Å². The van der Waals surface area contributed by atoms with Crippen molar-refractivity contribution in [3.8, 4) is 0 Å². The summed E-state index contributed by atoms with van der Waals surface area (Å²) >= 11 is 1.84. The highest BCUT2D eigenvalue weighted by Crippen LogP contribution is 2.20. The normalized spacial score (nSPS) is 12.5. The zero-order valence-corrected chi connectivity index (χ0v) is 8.68. The fraction of sp³-hybridized carbons (Fsp3) is 0.273. The van der Waals surface area contributed by atoms with E-state index in [1.54, 1.807) is 6.08 Å². The highest BCUT2D eigenvalue weighted by Gasteiger charge is 1.99. The Labute approximate surface area is 84.0 Å². The predicted molar refractivity (Wildman–Crippen MR) is 60.0 cm³/mol. The van der Waals surface area contributed by atoms with Crippen molar-refractivity contribution in [1.29, 1.82) is 0 Å². The molecule has 13 heavy (non-hydrogen) atoms. The summed E-state index contributed by atoms with van der Waals surface area (Å²) in [5.41, 5.74) is 6.91. The molecule has 0 aliphatic carbocycles. The standard InChI is InChI=1S/C11H15NS/c1-3-11(12)9-5-7-10(8-6-9)13-4-2/h3,5-8,11H,1,4,12H2,2H3/t11-/m0/s1. The number of rotatable bonds is 4. The largest absolute Gasteiger partial charge is 0.321 e. The summed E-state index contributed by atoms with van der Waals surface area (Å²) in [5.74, 6) is 1.10. The Balaban J connectivity index is 2.74. The summed E-state index contributed by atoms with van der Waals surface area (Å²) in [7, 11) is 0. The molecule has 1 atom stereocenters. The highest BCUT2D eigenvalue weighted by atomic mass is 32.2. The second kappa shape index (κ2) is 5.10. The van der Waals surface area contributed by atoms with Crippen LogP contribution in [0.3, 0.4) is 0 Å². The van der Waals surface area contributed by atoms with E-state index < -0.39 is 0 Å². The van der Waals surface area contributed by atoms with Gasteiger partial charge in [-0.2, -0.15) is 0 Å². The maximum atomic E-state index is 5.79. The molecule has 2 heteroatoms. The molecular formula is C11H15NS. The molecule has 0 saturated carbocycles. The molecule has 0 radical (unpaired) electrons. The van der Waals surface area contributed by atoms with Crippen LogP contribution in [-0.2, 0) is 0 Å². The first-order valence-electron chi connectivity index (χ1n) is 4.38. The Morgan fingerprint density at radius 1 is 1.46 bits per heavy atom. The van der Waals surface area contributed by atoms with E-state index in [2.05, 4.69) is 37.8 Å². The maximum Gasteiger partial charge on any atom is 0.0478 e. The SMILES string of the molecule is C=C[C@H](N)c1ccc(SCC)cc1. The summed E-state index contributed by atoms with van der Waals surface area (Å²) in [5, 5.41) is 0. The minimum Gasteiger partial charge on any atom is -0.321 e. The third kappa shape index (κ3) is 2.90. The molecule has 1 nitrogen and oxygen atoms in total. The first-order chi connectivity index (χ1) is 6.27. The molecule has 1 aromatic rings. The molecule has 0 amide bonds. The Morgan fingerprint density at radius 3 is 2.54 bits per heavy atom. The van der Waals surface area contributed by atoms with Crippen LogP contribution in [0.2, 0.25) is 0 Å². The topological polar surface area (TPSA) is 26.0 Å². The van der Waals surface area contributed by atoms with Gasteiger partial charge in [-0.25, -0.2) is 0 Å². The van der Waals surface area contributed by atoms with E-state index in [4.69, 9.17) is 5.73 Å². The number of hydrogen-bond acceptors (Lipinski definition) is 2. The molecule has 0 aromatic heterocycles. The summed E-state index contributed by atoms with van der Waals surface area (Å²) in [6.45, 7) is 5.81. The lowest BCUT2D eigenvalue weighted by Gasteiger charge is -2.06. The summed E-state index contributed by atoms with van der Waals surface area (Å²) in [6.07, 6.45) is 1.75. The van der Waals surface area contributed by atoms with Crippen LogP contribution in [-0.4, -0.2) is 5.75 Å². The van der Waals surface area contributed by atoms with E-state index >= 15 is 0 Å². The lowest BCUT2D eigenvalue weighted by atomic mass is 10.1. The van der Waals surface area contributed by atoms with Crippen molar-refractivity contribution in [3.05, 3.63) is 42.5 Å². The van der Waals surface area contributed by atoms with Gasteiger partial charge in [0.2, 0.25) is 0 Å². The fourth-order valence-electron chi connectivity index (χ4n) is 1.09. The van der Waals surface area contributed by atoms with Crippen molar-refractivity contribution in [2.24, 2.45) is 5.73 Å². The minimum absolute atomic E-state index is 0.0410. The summed E-state index contributed by atoms with van der Waals surface area (Å²) in [4.78, 5) is 1.29. The molecule has 0 heterocycles. The molecule has 2 N–H and O–H groups in total. The van der Waals surface area contributed by atoms with Crippen LogP contribution >= 0.6 is 11.8 Å². The Kier molecular flexibility index (Phi) is 4.06. The highest BCUT2D eigenvalue weighted by molar-refractivity contribution is 7.99. The molecule has 0 unspecified atom stereocenters. The third-order valence-corrected chi connectivity index (χ3v) is 2.72. The van der Waals surface area contributed by atoms with Crippen molar-refractivity contribution in [2.45, 2.75) is 17.9 Å². The van der Waals surface area contributed by atoms with Gasteiger partial charge in [0.1, 0.15) is 0 Å². The summed E-state index contributed by atoms with van der Waals surface area (Å²) < 4.78 is 0. The maximum absolute atomic E-state index is 5.79. The second-order valence-electron chi connectivity index (χ2n) is 2.76. The molecule has 0 aliphatic rings. The van der Waals surface area contributed by atoms with Gasteiger partial charge in [-0.15, -0.1) is 18.3 Å². The van der Waals surface area contributed by atoms with Gasteiger partial charge >= 0.3 is 0 Å². The van der Waals surface area contributed by atoms with Crippen LogP contribution in [0.5, 0.6) is 0 Å². The van der Waals surface area contributed by atoms with Crippen LogP contribution in [0.25, 0.3) is 0 Å². The van der Waals surface area contributed by atoms with E-state index in [-0.39, 0.29) is 6.04 Å². The Hall–Kier alpha value is -0.730. The van der Waals surface area contributed by atoms with Gasteiger partial charge < -0.3 is 5.73 Å². The zero-order chi connectivity index (χ0) is 9.68. The van der Waals surface area contributed by atoms with Gasteiger partial charge in [0, 0.05) is 10.9 Å². The molecule has 0 saturated heterocycles. The molecule has 0 bridgehead atoms. The van der Waals surface area contributed by atoms with Gasteiger partial charge in [0.25, 0.3) is 0 Å². The average Bonchev–Trinajstić information content (AvgIpc) is 2.18. The third-order valence-electron chi connectivity index (χ3n) is 1.83. The Morgan fingerprint density at radius 2 is 2.08 bits per heavy atom. The van der Waals surface area contributed by atoms with E-state index in [1.807, 2.05) is 11.8 Å². The van der Waals surface area contributed by atoms with E-state index in [0.29, 0.717) is 0 Å². The molecule has 1 aromatic carbocycles. The van der Waals surface area contributed by atoms with Crippen molar-refractivity contribution >= 4 is 11.8 Å². The quantitative estimate of drug-likeness (QED) is 0.587. The van der Waals surface area contributed by atoms with Crippen LogP contribution in [0.4, 0.5) is 0 Å². The monoisotopic (exact) mass is 193 g/mol. The van der Waals surface area contributed by atoms with E-state index in [0.717, 1.165) is 11.3 Å². The van der Waals surface area contributed by atoms with Crippen LogP contribution in [0.1, 0.15) is 18.5 Å². The number of nitrogens with two attached hydrogens (primary N) is 1. The van der Waals surface area contributed by atoms with Gasteiger partial charge in [-0.1, -0.05) is 25.1 Å². The predicted octanol–water partition coefficient (Wildman–Crippen LogP) is 2.98. The first kappa shape index (κ1) is 10.4. The first-order valence-corrected chi connectivity index (χ1v) is 5.37. The van der Waals surface area contributed by atoms with E-state index in [1.165, 1.54) is 4.90 Å². The van der Waals surface area contributed by atoms with Crippen molar-refractivity contribution in [1.82, 2.24) is 0 Å². The zero-order valence-electron chi connectivity index (χ0n) is 7.86. The van der Waals surface area contributed by atoms with Gasteiger partial charge in [-0.05, 0) is 23.4 Å². The van der Waals surface area contributed by atoms with Gasteiger partial charge in [0.15, 0.2) is 0 Å². The lowest BCUT2D eigenvalue weighted by molar-refractivity contribution is 0.912. The Bertz CT molecular complexity index is 266. The van der Waals surface area contributed by atoms with Crippen LogP contribution in [0, 0.1) is 0 Å². The smallest absolute Gasteiger partial charge is 0.0478 e. The van der Waals surface area contributed by atoms with E-state index in [9.17, 15) is 0 Å². The van der Waals surface area contributed by atoms with Crippen molar-refractivity contribution < 1.29 is 0 Å². The van der Waals surface area contributed by atoms with Gasteiger partial charge in [-0.3, -0.25) is 0 Å². The molecule has 0 fully saturated rings. The van der Waals surface area contributed by atoms with Crippen LogP contribution < -0.4 is 5.73 Å². The number of hydrogen-bond donors (Lipinski definition) is 1. The number of thioether (sulfide) groups is 1. The summed E-state index contributed by atoms with van der Waals surface area (Å²) in [6, 6.07) is 8.29. The second-order valence-corrected chi connectivity index (χ2v) is 4.10. The lowest BCUT2D eigenvalue weighted by Crippen LogP contribution is -2.05. The number of benzene rings is 1. The molecule has 0 aliphatic heterocycles. The fourth-order valence-corrected chi connectivity index (χ4v) is 1.75. The molecule has 70 valence electrons. The van der Waals surface area contributed by atoms with Crippen molar-refractivity contribution in [2.75, 3.05) is 5.75 Å². The van der Waals surface area contributed by atoms with Gasteiger partial charge in [0.05, 0.1) is 0 Å². The molecule has 1 rings (SSSR count). The minimum atomic E-state index is -0.0410. The molecule has 0 spiro atoms. The van der Waals surface area contributed by atoms with Crippen molar-refractivity contribution in [3.63, 3.8) is 0 Å². The average molecular weight is 193 g/mol.